The van der Waals surface area contributed by atoms with Crippen molar-refractivity contribution in [3.05, 3.63) is 40.7 Å². The summed E-state index contributed by atoms with van der Waals surface area (Å²) in [6, 6.07) is 4.38. The van der Waals surface area contributed by atoms with Crippen LogP contribution in [-0.4, -0.2) is 40.1 Å². The Balaban J connectivity index is 0.000000289. The standard InChI is InChI=1S/C18H20F2N4O2.C8H15NO2/c1-17(2)7-12-14(13(25)8-17)15(18(3,19)20)23-24(12)9-4-5-10(16(22)26)11(21)6-9;9-6-8(10)11-7-4-2-1-3-5-7/h4-6H,7-8,21H2,1-3H3,(H2,22,26);7H,1-6,9H2. The minimum absolute atomic E-state index is 0.0104. The molecule has 11 heteroatoms. The van der Waals surface area contributed by atoms with Crippen LogP contribution in [0.4, 0.5) is 14.5 Å². The number of carbonyl (C=O) groups excluding carboxylic acids is 3. The molecule has 0 aliphatic heterocycles. The summed E-state index contributed by atoms with van der Waals surface area (Å²) in [5, 5.41) is 4.04. The molecule has 1 aromatic carbocycles. The molecule has 1 amide bonds. The summed E-state index contributed by atoms with van der Waals surface area (Å²) in [6.07, 6.45) is 6.42. The average Bonchev–Trinajstić information content (AvgIpc) is 3.19. The fraction of sp³-hybridized carbons (Fsp3) is 0.538. The molecule has 0 atom stereocenters. The number of Topliss-reactive ketones (excluding diaryl/α,β-unsaturated/α-hetero) is 1. The summed E-state index contributed by atoms with van der Waals surface area (Å²) >= 11 is 0. The number of anilines is 1. The predicted octanol–water partition coefficient (Wildman–Crippen LogP) is 3.64. The van der Waals surface area contributed by atoms with Crippen molar-refractivity contribution >= 4 is 23.3 Å². The van der Waals surface area contributed by atoms with E-state index in [4.69, 9.17) is 21.9 Å². The maximum absolute atomic E-state index is 14.1. The zero-order valence-electron chi connectivity index (χ0n) is 21.5. The summed E-state index contributed by atoms with van der Waals surface area (Å²) in [7, 11) is 0. The molecular weight excluding hydrogens is 484 g/mol. The number of esters is 1. The van der Waals surface area contributed by atoms with Crippen molar-refractivity contribution in [1.82, 2.24) is 9.78 Å². The van der Waals surface area contributed by atoms with E-state index in [2.05, 4.69) is 5.10 Å². The minimum atomic E-state index is -3.26. The number of rotatable bonds is 5. The Hall–Kier alpha value is -3.34. The number of hydrogen-bond donors (Lipinski definition) is 3. The molecule has 9 nitrogen and oxygen atoms in total. The third-order valence-corrected chi connectivity index (χ3v) is 6.52. The highest BCUT2D eigenvalue weighted by Crippen LogP contribution is 2.41. The number of nitrogens with two attached hydrogens (primary N) is 3. The van der Waals surface area contributed by atoms with E-state index in [1.165, 1.54) is 42.1 Å². The van der Waals surface area contributed by atoms with Crippen LogP contribution in [0.5, 0.6) is 0 Å². The summed E-state index contributed by atoms with van der Waals surface area (Å²) in [4.78, 5) is 34.6. The molecule has 0 saturated heterocycles. The van der Waals surface area contributed by atoms with Gasteiger partial charge >= 0.3 is 5.97 Å². The Labute approximate surface area is 214 Å². The first kappa shape index (κ1) is 28.2. The van der Waals surface area contributed by atoms with Gasteiger partial charge in [0.25, 0.3) is 11.8 Å². The minimum Gasteiger partial charge on any atom is -0.461 e. The monoisotopic (exact) mass is 519 g/mol. The number of hydrogen-bond acceptors (Lipinski definition) is 7. The van der Waals surface area contributed by atoms with Gasteiger partial charge < -0.3 is 21.9 Å². The number of carbonyl (C=O) groups is 3. The highest BCUT2D eigenvalue weighted by molar-refractivity contribution is 6.00. The Morgan fingerprint density at radius 3 is 2.38 bits per heavy atom. The van der Waals surface area contributed by atoms with Crippen LogP contribution in [0, 0.1) is 5.41 Å². The first-order valence-corrected chi connectivity index (χ1v) is 12.4. The average molecular weight is 520 g/mol. The number of aromatic nitrogens is 2. The summed E-state index contributed by atoms with van der Waals surface area (Å²) in [5.41, 5.74) is 16.3. The lowest BCUT2D eigenvalue weighted by molar-refractivity contribution is -0.148. The highest BCUT2D eigenvalue weighted by Gasteiger charge is 2.42. The van der Waals surface area contributed by atoms with E-state index in [0.717, 1.165) is 19.8 Å². The van der Waals surface area contributed by atoms with Gasteiger partial charge in [-0.15, -0.1) is 0 Å². The normalized spacial score (nSPS) is 17.4. The molecular formula is C26H35F2N5O4. The SMILES string of the molecule is CC1(C)CC(=O)c2c(C(C)(F)F)nn(-c3ccc(C(N)=O)c(N)c3)c2C1.NCC(=O)OC1CCCCC1. The summed E-state index contributed by atoms with van der Waals surface area (Å²) in [5.74, 6) is -4.56. The molecule has 0 radical (unpaired) electrons. The van der Waals surface area contributed by atoms with E-state index in [1.807, 2.05) is 13.8 Å². The number of nitrogens with zero attached hydrogens (tertiary/aromatic N) is 2. The van der Waals surface area contributed by atoms with Gasteiger partial charge in [0, 0.05) is 19.0 Å². The number of halogens is 2. The molecule has 0 unspecified atom stereocenters. The molecule has 37 heavy (non-hydrogen) atoms. The molecule has 202 valence electrons. The van der Waals surface area contributed by atoms with Crippen LogP contribution in [-0.2, 0) is 21.9 Å². The lowest BCUT2D eigenvalue weighted by atomic mass is 9.75. The van der Waals surface area contributed by atoms with Crippen molar-refractivity contribution in [2.24, 2.45) is 16.9 Å². The smallest absolute Gasteiger partial charge is 0.319 e. The maximum Gasteiger partial charge on any atom is 0.319 e. The van der Waals surface area contributed by atoms with Gasteiger partial charge in [0.05, 0.1) is 29.1 Å². The molecule has 2 aromatic rings. The zero-order chi connectivity index (χ0) is 27.5. The second-order valence-electron chi connectivity index (χ2n) is 10.5. The Kier molecular flexibility index (Phi) is 8.36. The lowest BCUT2D eigenvalue weighted by Gasteiger charge is -2.29. The van der Waals surface area contributed by atoms with Gasteiger partial charge in [-0.05, 0) is 55.7 Å². The van der Waals surface area contributed by atoms with Crippen molar-refractivity contribution < 1.29 is 27.9 Å². The zero-order valence-corrected chi connectivity index (χ0v) is 21.5. The molecule has 2 aliphatic rings. The molecule has 4 rings (SSSR count). The van der Waals surface area contributed by atoms with Crippen LogP contribution in [0.15, 0.2) is 18.2 Å². The fourth-order valence-electron chi connectivity index (χ4n) is 4.79. The van der Waals surface area contributed by atoms with E-state index in [0.29, 0.717) is 17.8 Å². The molecule has 0 bridgehead atoms. The van der Waals surface area contributed by atoms with Crippen molar-refractivity contribution in [2.75, 3.05) is 12.3 Å². The number of fused-ring (bicyclic) bond motifs is 1. The number of ketones is 1. The first-order chi connectivity index (χ1) is 17.2. The Bertz CT molecular complexity index is 1180. The van der Waals surface area contributed by atoms with Crippen LogP contribution in [0.1, 0.15) is 91.4 Å². The van der Waals surface area contributed by atoms with Crippen LogP contribution < -0.4 is 17.2 Å². The third-order valence-electron chi connectivity index (χ3n) is 6.52. The van der Waals surface area contributed by atoms with E-state index >= 15 is 0 Å². The fourth-order valence-corrected chi connectivity index (χ4v) is 4.79. The second kappa shape index (κ2) is 11.0. The number of ether oxygens (including phenoxy) is 1. The van der Waals surface area contributed by atoms with Gasteiger partial charge in [-0.2, -0.15) is 13.9 Å². The first-order valence-electron chi connectivity index (χ1n) is 12.4. The third kappa shape index (κ3) is 6.71. The van der Waals surface area contributed by atoms with E-state index < -0.39 is 17.5 Å². The Morgan fingerprint density at radius 1 is 1.19 bits per heavy atom. The van der Waals surface area contributed by atoms with Crippen molar-refractivity contribution in [3.63, 3.8) is 0 Å². The molecule has 6 N–H and O–H groups in total. The molecule has 2 aliphatic carbocycles. The van der Waals surface area contributed by atoms with Gasteiger partial charge in [0.2, 0.25) is 0 Å². The molecule has 0 spiro atoms. The van der Waals surface area contributed by atoms with Gasteiger partial charge in [0.15, 0.2) is 5.78 Å². The molecule has 1 fully saturated rings. The van der Waals surface area contributed by atoms with Crippen LogP contribution in [0.3, 0.4) is 0 Å². The predicted molar refractivity (Wildman–Crippen MR) is 135 cm³/mol. The van der Waals surface area contributed by atoms with E-state index in [-0.39, 0.29) is 53.1 Å². The van der Waals surface area contributed by atoms with Crippen molar-refractivity contribution in [2.45, 2.75) is 77.7 Å². The summed E-state index contributed by atoms with van der Waals surface area (Å²) < 4.78 is 34.5. The number of alkyl halides is 2. The van der Waals surface area contributed by atoms with Gasteiger partial charge in [0.1, 0.15) is 11.8 Å². The number of amides is 1. The van der Waals surface area contributed by atoms with E-state index in [9.17, 15) is 23.2 Å². The molecule has 1 aromatic heterocycles. The number of nitrogen functional groups attached to an aromatic ring is 1. The largest absolute Gasteiger partial charge is 0.461 e. The number of benzene rings is 1. The Morgan fingerprint density at radius 2 is 1.84 bits per heavy atom. The summed E-state index contributed by atoms with van der Waals surface area (Å²) in [6.45, 7) is 4.53. The lowest BCUT2D eigenvalue weighted by Crippen LogP contribution is -2.29. The van der Waals surface area contributed by atoms with Crippen molar-refractivity contribution in [3.8, 4) is 5.69 Å². The van der Waals surface area contributed by atoms with Crippen LogP contribution in [0.25, 0.3) is 5.69 Å². The molecule has 1 saturated carbocycles. The highest BCUT2D eigenvalue weighted by atomic mass is 19.3. The number of primary amides is 1. The molecule has 1 heterocycles. The van der Waals surface area contributed by atoms with Gasteiger partial charge in [-0.3, -0.25) is 14.4 Å². The van der Waals surface area contributed by atoms with Gasteiger partial charge in [-0.1, -0.05) is 20.3 Å². The second-order valence-corrected chi connectivity index (χ2v) is 10.5. The van der Waals surface area contributed by atoms with Gasteiger partial charge in [-0.25, -0.2) is 4.68 Å². The van der Waals surface area contributed by atoms with Crippen molar-refractivity contribution in [1.29, 1.82) is 0 Å². The quantitative estimate of drug-likeness (QED) is 0.402. The van der Waals surface area contributed by atoms with E-state index in [1.54, 1.807) is 0 Å². The van der Waals surface area contributed by atoms with Crippen LogP contribution in [0.2, 0.25) is 0 Å². The van der Waals surface area contributed by atoms with Crippen LogP contribution >= 0.6 is 0 Å². The topological polar surface area (TPSA) is 156 Å². The maximum atomic E-state index is 14.1.